The van der Waals surface area contributed by atoms with Gasteiger partial charge in [-0.2, -0.15) is 0 Å². The molecule has 108 valence electrons. The molecule has 0 unspecified atom stereocenters. The van der Waals surface area contributed by atoms with Gasteiger partial charge in [0, 0.05) is 10.6 Å². The molecule has 1 atom stereocenters. The molecule has 1 saturated heterocycles. The van der Waals surface area contributed by atoms with E-state index in [-0.39, 0.29) is 23.2 Å². The van der Waals surface area contributed by atoms with Gasteiger partial charge in [0.05, 0.1) is 11.4 Å². The predicted molar refractivity (Wildman–Crippen MR) is 82.2 cm³/mol. The molecular formula is C15H11ClFNO2S. The zero-order valence-electron chi connectivity index (χ0n) is 10.8. The van der Waals surface area contributed by atoms with Gasteiger partial charge in [0.15, 0.2) is 0 Å². The first kappa shape index (κ1) is 14.2. The van der Waals surface area contributed by atoms with Gasteiger partial charge in [-0.05, 0) is 24.3 Å². The van der Waals surface area contributed by atoms with E-state index in [1.807, 2.05) is 0 Å². The van der Waals surface area contributed by atoms with Crippen molar-refractivity contribution in [3.8, 4) is 5.75 Å². The van der Waals surface area contributed by atoms with Gasteiger partial charge in [0.25, 0.3) is 0 Å². The van der Waals surface area contributed by atoms with Crippen molar-refractivity contribution >= 4 is 35.0 Å². The molecule has 3 rings (SSSR count). The standard InChI is InChI=1S/C15H11ClFNO2S/c16-9-5-6-13(19)12(7-9)18-14(20)8-21-15(18)10-3-1-2-4-11(10)17/h1-7,15,19H,8H2/t15-/m0/s1. The Bertz CT molecular complexity index is 710. The SMILES string of the molecule is O=C1CS[C@@H](c2ccccc2F)N1c1cc(Cl)ccc1O. The van der Waals surface area contributed by atoms with Crippen LogP contribution in [0, 0.1) is 5.82 Å². The van der Waals surface area contributed by atoms with E-state index in [0.29, 0.717) is 16.3 Å². The van der Waals surface area contributed by atoms with Crippen molar-refractivity contribution < 1.29 is 14.3 Å². The lowest BCUT2D eigenvalue weighted by atomic mass is 10.1. The molecule has 0 aliphatic carbocycles. The Kier molecular flexibility index (Phi) is 3.78. The van der Waals surface area contributed by atoms with E-state index in [1.165, 1.54) is 40.9 Å². The molecule has 1 fully saturated rings. The number of phenolic OH excluding ortho intramolecular Hbond substituents is 1. The molecule has 3 nitrogen and oxygen atoms in total. The van der Waals surface area contributed by atoms with E-state index >= 15 is 0 Å². The fourth-order valence-corrected chi connectivity index (χ4v) is 3.64. The number of phenols is 1. The van der Waals surface area contributed by atoms with E-state index in [0.717, 1.165) is 0 Å². The zero-order chi connectivity index (χ0) is 15.0. The van der Waals surface area contributed by atoms with Crippen LogP contribution in [0.25, 0.3) is 0 Å². The van der Waals surface area contributed by atoms with Gasteiger partial charge in [0.1, 0.15) is 16.9 Å². The number of carbonyl (C=O) groups is 1. The van der Waals surface area contributed by atoms with Crippen molar-refractivity contribution in [3.63, 3.8) is 0 Å². The molecule has 2 aromatic carbocycles. The molecule has 1 amide bonds. The molecule has 0 radical (unpaired) electrons. The van der Waals surface area contributed by atoms with Crippen LogP contribution in [0.3, 0.4) is 0 Å². The number of thioether (sulfide) groups is 1. The number of anilines is 1. The van der Waals surface area contributed by atoms with Crippen molar-refractivity contribution in [1.29, 1.82) is 0 Å². The van der Waals surface area contributed by atoms with E-state index in [4.69, 9.17) is 11.6 Å². The maximum atomic E-state index is 14.0. The van der Waals surface area contributed by atoms with Crippen LogP contribution in [0.5, 0.6) is 5.75 Å². The number of nitrogens with zero attached hydrogens (tertiary/aromatic N) is 1. The fourth-order valence-electron chi connectivity index (χ4n) is 2.28. The van der Waals surface area contributed by atoms with Gasteiger partial charge in [-0.1, -0.05) is 29.8 Å². The molecule has 0 bridgehead atoms. The summed E-state index contributed by atoms with van der Waals surface area (Å²) in [5, 5.41) is 9.88. The number of rotatable bonds is 2. The summed E-state index contributed by atoms with van der Waals surface area (Å²) >= 11 is 7.26. The Labute approximate surface area is 130 Å². The quantitative estimate of drug-likeness (QED) is 0.909. The van der Waals surface area contributed by atoms with Crippen LogP contribution in [0.1, 0.15) is 10.9 Å². The molecule has 6 heteroatoms. The highest BCUT2D eigenvalue weighted by Crippen LogP contribution is 2.45. The topological polar surface area (TPSA) is 40.5 Å². The van der Waals surface area contributed by atoms with E-state index in [2.05, 4.69) is 0 Å². The van der Waals surface area contributed by atoms with Crippen LogP contribution in [0.2, 0.25) is 5.02 Å². The minimum Gasteiger partial charge on any atom is -0.506 e. The Morgan fingerprint density at radius 2 is 2.05 bits per heavy atom. The number of amides is 1. The summed E-state index contributed by atoms with van der Waals surface area (Å²) in [4.78, 5) is 13.6. The number of carbonyl (C=O) groups excluding carboxylic acids is 1. The summed E-state index contributed by atoms with van der Waals surface area (Å²) in [6, 6.07) is 10.8. The number of hydrogen-bond acceptors (Lipinski definition) is 3. The van der Waals surface area contributed by atoms with Gasteiger partial charge in [-0.3, -0.25) is 9.69 Å². The first-order valence-corrected chi connectivity index (χ1v) is 7.67. The Morgan fingerprint density at radius 1 is 1.29 bits per heavy atom. The minimum atomic E-state index is -0.511. The second-order valence-electron chi connectivity index (χ2n) is 4.58. The molecule has 1 heterocycles. The zero-order valence-corrected chi connectivity index (χ0v) is 12.4. The summed E-state index contributed by atoms with van der Waals surface area (Å²) < 4.78 is 14.0. The average Bonchev–Trinajstić information content (AvgIpc) is 2.84. The molecule has 0 spiro atoms. The van der Waals surface area contributed by atoms with Crippen LogP contribution in [0.15, 0.2) is 42.5 Å². The first-order valence-electron chi connectivity index (χ1n) is 6.24. The third kappa shape index (κ3) is 2.59. The summed E-state index contributed by atoms with van der Waals surface area (Å²) in [6.45, 7) is 0. The van der Waals surface area contributed by atoms with Gasteiger partial charge in [-0.15, -0.1) is 11.8 Å². The van der Waals surface area contributed by atoms with Crippen molar-refractivity contribution in [2.75, 3.05) is 10.7 Å². The molecular weight excluding hydrogens is 313 g/mol. The number of halogens is 2. The molecule has 0 saturated carbocycles. The molecule has 1 aliphatic heterocycles. The van der Waals surface area contributed by atoms with Gasteiger partial charge >= 0.3 is 0 Å². The van der Waals surface area contributed by atoms with Crippen molar-refractivity contribution in [2.24, 2.45) is 0 Å². The largest absolute Gasteiger partial charge is 0.506 e. The summed E-state index contributed by atoms with van der Waals surface area (Å²) in [7, 11) is 0. The fraction of sp³-hybridized carbons (Fsp3) is 0.133. The van der Waals surface area contributed by atoms with Crippen LogP contribution in [-0.2, 0) is 4.79 Å². The van der Waals surface area contributed by atoms with E-state index < -0.39 is 5.37 Å². The second-order valence-corrected chi connectivity index (χ2v) is 6.09. The van der Waals surface area contributed by atoms with Crippen LogP contribution in [0.4, 0.5) is 10.1 Å². The normalized spacial score (nSPS) is 18.3. The maximum Gasteiger partial charge on any atom is 0.238 e. The van der Waals surface area contributed by atoms with Crippen LogP contribution >= 0.6 is 23.4 Å². The first-order chi connectivity index (χ1) is 10.1. The Morgan fingerprint density at radius 3 is 2.81 bits per heavy atom. The average molecular weight is 324 g/mol. The highest BCUT2D eigenvalue weighted by Gasteiger charge is 2.36. The lowest BCUT2D eigenvalue weighted by Crippen LogP contribution is -2.28. The lowest BCUT2D eigenvalue weighted by molar-refractivity contribution is -0.115. The van der Waals surface area contributed by atoms with Gasteiger partial charge < -0.3 is 5.11 Å². The maximum absolute atomic E-state index is 14.0. The number of hydrogen-bond donors (Lipinski definition) is 1. The van der Waals surface area contributed by atoms with Crippen molar-refractivity contribution in [1.82, 2.24) is 0 Å². The monoisotopic (exact) mass is 323 g/mol. The Balaban J connectivity index is 2.08. The summed E-state index contributed by atoms with van der Waals surface area (Å²) in [6.07, 6.45) is 0. The van der Waals surface area contributed by atoms with Crippen molar-refractivity contribution in [3.05, 3.63) is 58.9 Å². The summed E-state index contributed by atoms with van der Waals surface area (Å²) in [5.41, 5.74) is 0.707. The van der Waals surface area contributed by atoms with Crippen molar-refractivity contribution in [2.45, 2.75) is 5.37 Å². The van der Waals surface area contributed by atoms with Gasteiger partial charge in [0.2, 0.25) is 5.91 Å². The highest BCUT2D eigenvalue weighted by molar-refractivity contribution is 8.00. The minimum absolute atomic E-state index is 0.0587. The third-order valence-corrected chi connectivity index (χ3v) is 4.67. The predicted octanol–water partition coefficient (Wildman–Crippen LogP) is 3.96. The Hall–Kier alpha value is -1.72. The third-order valence-electron chi connectivity index (χ3n) is 3.24. The lowest BCUT2D eigenvalue weighted by Gasteiger charge is -2.25. The van der Waals surface area contributed by atoms with E-state index in [1.54, 1.807) is 18.2 Å². The number of benzene rings is 2. The molecule has 0 aromatic heterocycles. The highest BCUT2D eigenvalue weighted by atomic mass is 35.5. The van der Waals surface area contributed by atoms with Gasteiger partial charge in [-0.25, -0.2) is 4.39 Å². The smallest absolute Gasteiger partial charge is 0.238 e. The second kappa shape index (κ2) is 5.58. The summed E-state index contributed by atoms with van der Waals surface area (Å²) in [5.74, 6) is -0.399. The molecule has 1 aliphatic rings. The van der Waals surface area contributed by atoms with Crippen LogP contribution in [-0.4, -0.2) is 16.8 Å². The van der Waals surface area contributed by atoms with Crippen LogP contribution < -0.4 is 4.90 Å². The molecule has 21 heavy (non-hydrogen) atoms. The molecule has 2 aromatic rings. The number of aromatic hydroxyl groups is 1. The molecule has 1 N–H and O–H groups in total. The van der Waals surface area contributed by atoms with E-state index in [9.17, 15) is 14.3 Å².